The molecule has 0 saturated heterocycles. The number of carbonyl (C=O) groups excluding carboxylic acids is 4. The first-order chi connectivity index (χ1) is 22.8. The number of benzene rings is 4. The summed E-state index contributed by atoms with van der Waals surface area (Å²) in [6.07, 6.45) is -2.45. The Kier molecular flexibility index (Phi) is 11.4. The lowest BCUT2D eigenvalue weighted by Gasteiger charge is -2.26. The van der Waals surface area contributed by atoms with Gasteiger partial charge in [-0.05, 0) is 75.4 Å². The molecule has 4 rings (SSSR count). The monoisotopic (exact) mass is 654 g/mol. The number of hydrogen-bond acceptors (Lipinski definition) is 9. The van der Waals surface area contributed by atoms with Crippen molar-refractivity contribution in [1.29, 1.82) is 0 Å². The molecule has 0 atom stereocenters. The van der Waals surface area contributed by atoms with Crippen LogP contribution in [0.15, 0.2) is 102 Å². The Hall–Kier alpha value is -5.91. The predicted octanol–water partition coefficient (Wildman–Crippen LogP) is 6.89. The first kappa shape index (κ1) is 35.0. The molecule has 0 bridgehead atoms. The van der Waals surface area contributed by atoms with Gasteiger partial charge in [0.2, 0.25) is 5.96 Å². The molecule has 0 spiro atoms. The molecule has 0 unspecified atom stereocenters. The predicted molar refractivity (Wildman–Crippen MR) is 180 cm³/mol. The van der Waals surface area contributed by atoms with Crippen molar-refractivity contribution >= 4 is 46.7 Å². The van der Waals surface area contributed by atoms with Crippen LogP contribution in [0.3, 0.4) is 0 Å². The number of rotatable bonds is 8. The standard InChI is InChI=1S/C36H38N4O8/c1-35(2,3)48-34(44)40-36(4,5)30(41)47-27-19-20-28-26(21-27)17-12-18-29(28)37-31(38-32(42)45-22-24-13-8-6-9-14-24)39-33(43)46-23-25-15-10-7-11-16-25/h6-21H,22-23H2,1-5H3,(H,40,44)(H2,37,38,39,42,43). The van der Waals surface area contributed by atoms with Crippen molar-refractivity contribution in [2.45, 2.75) is 59.0 Å². The molecule has 4 aromatic rings. The Bertz CT molecular complexity index is 1730. The third-order valence-electron chi connectivity index (χ3n) is 6.46. The van der Waals surface area contributed by atoms with E-state index >= 15 is 0 Å². The second-order valence-corrected chi connectivity index (χ2v) is 12.1. The highest BCUT2D eigenvalue weighted by Gasteiger charge is 2.33. The number of nitrogens with one attached hydrogen (secondary N) is 3. The van der Waals surface area contributed by atoms with E-state index in [1.54, 1.807) is 57.2 Å². The van der Waals surface area contributed by atoms with Crippen molar-refractivity contribution in [2.24, 2.45) is 4.99 Å². The van der Waals surface area contributed by atoms with Gasteiger partial charge < -0.3 is 24.3 Å². The molecule has 250 valence electrons. The van der Waals surface area contributed by atoms with Crippen LogP contribution in [0.1, 0.15) is 45.7 Å². The fourth-order valence-electron chi connectivity index (χ4n) is 4.17. The van der Waals surface area contributed by atoms with Gasteiger partial charge in [-0.25, -0.2) is 24.2 Å². The minimum absolute atomic E-state index is 0.00171. The van der Waals surface area contributed by atoms with E-state index in [0.717, 1.165) is 11.1 Å². The minimum atomic E-state index is -1.39. The molecule has 12 heteroatoms. The zero-order valence-electron chi connectivity index (χ0n) is 27.4. The molecule has 12 nitrogen and oxygen atoms in total. The number of hydrogen-bond donors (Lipinski definition) is 3. The SMILES string of the molecule is CC(C)(C)OC(=O)NC(C)(C)C(=O)Oc1ccc2c(N=C(NC(=O)OCc3ccccc3)NC(=O)OCc3ccccc3)cccc2c1. The first-order valence-electron chi connectivity index (χ1n) is 15.1. The van der Waals surface area contributed by atoms with Crippen molar-refractivity contribution < 1.29 is 38.1 Å². The summed E-state index contributed by atoms with van der Waals surface area (Å²) in [5.41, 5.74) is -0.205. The van der Waals surface area contributed by atoms with Gasteiger partial charge in [-0.3, -0.25) is 10.6 Å². The third-order valence-corrected chi connectivity index (χ3v) is 6.46. The van der Waals surface area contributed by atoms with E-state index < -0.39 is 35.4 Å². The Morgan fingerprint density at radius 1 is 0.667 bits per heavy atom. The second-order valence-electron chi connectivity index (χ2n) is 12.1. The van der Waals surface area contributed by atoms with E-state index in [1.165, 1.54) is 13.8 Å². The second kappa shape index (κ2) is 15.6. The van der Waals surface area contributed by atoms with Crippen LogP contribution in [0.4, 0.5) is 20.1 Å². The van der Waals surface area contributed by atoms with Crippen LogP contribution < -0.4 is 20.7 Å². The number of aliphatic imine (C=N–C) groups is 1. The normalized spacial score (nSPS) is 11.1. The van der Waals surface area contributed by atoms with E-state index in [2.05, 4.69) is 20.9 Å². The van der Waals surface area contributed by atoms with E-state index in [4.69, 9.17) is 18.9 Å². The lowest BCUT2D eigenvalue weighted by atomic mass is 10.1. The van der Waals surface area contributed by atoms with Crippen LogP contribution in [0.5, 0.6) is 5.75 Å². The number of amides is 3. The summed E-state index contributed by atoms with van der Waals surface area (Å²) in [4.78, 5) is 55.1. The number of alkyl carbamates (subject to hydrolysis) is 3. The zero-order valence-corrected chi connectivity index (χ0v) is 27.4. The quantitative estimate of drug-likeness (QED) is 0.0610. The first-order valence-corrected chi connectivity index (χ1v) is 15.1. The van der Waals surface area contributed by atoms with Crippen molar-refractivity contribution in [3.63, 3.8) is 0 Å². The van der Waals surface area contributed by atoms with Gasteiger partial charge in [0.1, 0.15) is 30.1 Å². The topological polar surface area (TPSA) is 154 Å². The van der Waals surface area contributed by atoms with Crippen LogP contribution in [0.2, 0.25) is 0 Å². The molecule has 0 aromatic heterocycles. The fraction of sp³-hybridized carbons (Fsp3) is 0.250. The summed E-state index contributed by atoms with van der Waals surface area (Å²) in [6.45, 7) is 8.16. The molecule has 4 aromatic carbocycles. The molecule has 3 N–H and O–H groups in total. The molecule has 0 fully saturated rings. The van der Waals surface area contributed by atoms with Gasteiger partial charge in [0, 0.05) is 5.39 Å². The van der Waals surface area contributed by atoms with E-state index in [9.17, 15) is 19.2 Å². The fourth-order valence-corrected chi connectivity index (χ4v) is 4.17. The number of nitrogens with zero attached hydrogens (tertiary/aromatic N) is 1. The van der Waals surface area contributed by atoms with Gasteiger partial charge >= 0.3 is 24.2 Å². The molecule has 0 saturated carbocycles. The van der Waals surface area contributed by atoms with Crippen LogP contribution in [-0.2, 0) is 32.2 Å². The van der Waals surface area contributed by atoms with Crippen LogP contribution in [0, 0.1) is 0 Å². The lowest BCUT2D eigenvalue weighted by Crippen LogP contribution is -2.52. The van der Waals surface area contributed by atoms with Crippen molar-refractivity contribution in [3.05, 3.63) is 108 Å². The zero-order chi connectivity index (χ0) is 34.7. The van der Waals surface area contributed by atoms with Crippen molar-refractivity contribution in [3.8, 4) is 5.75 Å². The minimum Gasteiger partial charge on any atom is -0.444 e. The van der Waals surface area contributed by atoms with Crippen LogP contribution in [-0.4, -0.2) is 41.3 Å². The average molecular weight is 655 g/mol. The molecule has 0 aliphatic heterocycles. The van der Waals surface area contributed by atoms with Gasteiger partial charge in [-0.2, -0.15) is 0 Å². The van der Waals surface area contributed by atoms with E-state index in [0.29, 0.717) is 16.5 Å². The summed E-state index contributed by atoms with van der Waals surface area (Å²) in [7, 11) is 0. The highest BCUT2D eigenvalue weighted by Crippen LogP contribution is 2.29. The van der Waals surface area contributed by atoms with Gasteiger partial charge in [0.25, 0.3) is 0 Å². The maximum absolute atomic E-state index is 13.0. The lowest BCUT2D eigenvalue weighted by molar-refractivity contribution is -0.140. The van der Waals surface area contributed by atoms with Gasteiger partial charge in [-0.1, -0.05) is 72.8 Å². The van der Waals surface area contributed by atoms with Gasteiger partial charge in [0.05, 0.1) is 5.69 Å². The Labute approximate surface area is 278 Å². The number of carbonyl (C=O) groups is 4. The Morgan fingerprint density at radius 2 is 1.23 bits per heavy atom. The molecular weight excluding hydrogens is 616 g/mol. The maximum Gasteiger partial charge on any atom is 0.414 e. The van der Waals surface area contributed by atoms with Crippen molar-refractivity contribution in [2.75, 3.05) is 0 Å². The largest absolute Gasteiger partial charge is 0.444 e. The smallest absolute Gasteiger partial charge is 0.414 e. The van der Waals surface area contributed by atoms with E-state index in [1.807, 2.05) is 60.7 Å². The number of esters is 1. The average Bonchev–Trinajstić information content (AvgIpc) is 3.02. The molecular formula is C36H38N4O8. The summed E-state index contributed by atoms with van der Waals surface area (Å²) in [5.74, 6) is -0.720. The molecule has 3 amide bonds. The maximum atomic E-state index is 13.0. The van der Waals surface area contributed by atoms with E-state index in [-0.39, 0.29) is 24.9 Å². The number of ether oxygens (including phenoxy) is 4. The molecule has 0 aliphatic rings. The van der Waals surface area contributed by atoms with Crippen LogP contribution in [0.25, 0.3) is 10.8 Å². The number of fused-ring (bicyclic) bond motifs is 1. The molecule has 0 radical (unpaired) electrons. The Morgan fingerprint density at radius 3 is 1.77 bits per heavy atom. The summed E-state index contributed by atoms with van der Waals surface area (Å²) >= 11 is 0. The summed E-state index contributed by atoms with van der Waals surface area (Å²) < 4.78 is 21.5. The Balaban J connectivity index is 1.52. The van der Waals surface area contributed by atoms with Crippen LogP contribution >= 0.6 is 0 Å². The van der Waals surface area contributed by atoms with Gasteiger partial charge in [-0.15, -0.1) is 0 Å². The van der Waals surface area contributed by atoms with Gasteiger partial charge in [0.15, 0.2) is 0 Å². The summed E-state index contributed by atoms with van der Waals surface area (Å²) in [6, 6.07) is 28.2. The molecule has 48 heavy (non-hydrogen) atoms. The summed E-state index contributed by atoms with van der Waals surface area (Å²) in [5, 5.41) is 8.72. The highest BCUT2D eigenvalue weighted by atomic mass is 16.6. The third kappa shape index (κ3) is 10.9. The highest BCUT2D eigenvalue weighted by molar-refractivity contribution is 6.04. The molecule has 0 aliphatic carbocycles. The molecule has 0 heterocycles. The van der Waals surface area contributed by atoms with Crippen molar-refractivity contribution in [1.82, 2.24) is 16.0 Å². The number of guanidine groups is 1.